The number of nitro groups is 1. The van der Waals surface area contributed by atoms with Gasteiger partial charge in [0.1, 0.15) is 11.5 Å². The summed E-state index contributed by atoms with van der Waals surface area (Å²) in [6.07, 6.45) is 1.47. The number of Topliss-reactive ketones (excluding diaryl/α,β-unsaturated/α-hetero) is 1. The van der Waals surface area contributed by atoms with Crippen LogP contribution in [-0.2, 0) is 9.59 Å². The summed E-state index contributed by atoms with van der Waals surface area (Å²) in [7, 11) is 3.83. The number of amides is 1. The summed E-state index contributed by atoms with van der Waals surface area (Å²) < 4.78 is 5.57. The summed E-state index contributed by atoms with van der Waals surface area (Å²) in [5, 5.41) is 22.2. The van der Waals surface area contributed by atoms with Crippen LogP contribution in [0.1, 0.15) is 36.9 Å². The fraction of sp³-hybridized carbons (Fsp3) is 0.360. The van der Waals surface area contributed by atoms with E-state index in [1.165, 1.54) is 29.2 Å². The highest BCUT2D eigenvalue weighted by Gasteiger charge is 2.45. The van der Waals surface area contributed by atoms with Crippen LogP contribution in [0.4, 0.5) is 5.69 Å². The van der Waals surface area contributed by atoms with Gasteiger partial charge in [0.05, 0.1) is 23.1 Å². The molecule has 0 bridgehead atoms. The zero-order valence-corrected chi connectivity index (χ0v) is 19.6. The molecule has 1 heterocycles. The van der Waals surface area contributed by atoms with Gasteiger partial charge in [0.15, 0.2) is 0 Å². The molecule has 9 nitrogen and oxygen atoms in total. The standard InChI is InChI=1S/C25H29N3O6/c1-4-16-34-20-12-8-18(9-13-20)23(29)21-22(17-6-10-19(11-7-17)28(32)33)27(25(31)24(21)30)15-5-14-26(2)3/h6-13,22,29H,4-5,14-16H2,1-3H3/b23-21+. The number of benzene rings is 2. The molecule has 2 aromatic carbocycles. The van der Waals surface area contributed by atoms with Gasteiger partial charge >= 0.3 is 0 Å². The van der Waals surface area contributed by atoms with Crippen molar-refractivity contribution in [3.8, 4) is 5.75 Å². The van der Waals surface area contributed by atoms with Crippen molar-refractivity contribution in [1.29, 1.82) is 0 Å². The molecular weight excluding hydrogens is 438 g/mol. The summed E-state index contributed by atoms with van der Waals surface area (Å²) in [6.45, 7) is 3.56. The number of rotatable bonds is 10. The third-order valence-electron chi connectivity index (χ3n) is 5.56. The predicted molar refractivity (Wildman–Crippen MR) is 128 cm³/mol. The lowest BCUT2D eigenvalue weighted by atomic mass is 9.95. The van der Waals surface area contributed by atoms with Crippen molar-refractivity contribution in [3.63, 3.8) is 0 Å². The molecule has 0 saturated carbocycles. The van der Waals surface area contributed by atoms with Gasteiger partial charge in [-0.2, -0.15) is 0 Å². The summed E-state index contributed by atoms with van der Waals surface area (Å²) in [5.41, 5.74) is 0.753. The number of nitro benzene ring substituents is 1. The lowest BCUT2D eigenvalue weighted by molar-refractivity contribution is -0.384. The summed E-state index contributed by atoms with van der Waals surface area (Å²) in [6, 6.07) is 11.5. The Labute approximate surface area is 198 Å². The van der Waals surface area contributed by atoms with Crippen molar-refractivity contribution in [2.24, 2.45) is 0 Å². The molecule has 34 heavy (non-hydrogen) atoms. The molecule has 1 atom stereocenters. The van der Waals surface area contributed by atoms with Gasteiger partial charge in [-0.05, 0) is 75.4 Å². The summed E-state index contributed by atoms with van der Waals surface area (Å²) >= 11 is 0. The van der Waals surface area contributed by atoms with E-state index >= 15 is 0 Å². The molecule has 180 valence electrons. The Kier molecular flexibility index (Phi) is 8.01. The van der Waals surface area contributed by atoms with Crippen LogP contribution in [0.3, 0.4) is 0 Å². The fourth-order valence-corrected chi connectivity index (χ4v) is 3.88. The number of likely N-dealkylation sites (tertiary alicyclic amines) is 1. The van der Waals surface area contributed by atoms with Gasteiger partial charge < -0.3 is 19.6 Å². The smallest absolute Gasteiger partial charge is 0.295 e. The molecule has 1 fully saturated rings. The highest BCUT2D eigenvalue weighted by molar-refractivity contribution is 6.46. The second kappa shape index (κ2) is 10.9. The van der Waals surface area contributed by atoms with Gasteiger partial charge in [0.25, 0.3) is 17.4 Å². The molecule has 0 aromatic heterocycles. The first kappa shape index (κ1) is 24.9. The minimum Gasteiger partial charge on any atom is -0.507 e. The molecule has 3 rings (SSSR count). The Morgan fingerprint density at radius 2 is 1.76 bits per heavy atom. The van der Waals surface area contributed by atoms with Crippen LogP contribution in [0, 0.1) is 10.1 Å². The topological polar surface area (TPSA) is 113 Å². The van der Waals surface area contributed by atoms with Crippen molar-refractivity contribution >= 4 is 23.1 Å². The first-order valence-electron chi connectivity index (χ1n) is 11.1. The number of aliphatic hydroxyl groups excluding tert-OH is 1. The quantitative estimate of drug-likeness (QED) is 0.186. The number of nitrogens with zero attached hydrogens (tertiary/aromatic N) is 3. The highest BCUT2D eigenvalue weighted by Crippen LogP contribution is 2.40. The van der Waals surface area contributed by atoms with Gasteiger partial charge in [-0.15, -0.1) is 0 Å². The highest BCUT2D eigenvalue weighted by atomic mass is 16.6. The Bertz CT molecular complexity index is 1080. The van der Waals surface area contributed by atoms with E-state index in [4.69, 9.17) is 4.74 Å². The largest absolute Gasteiger partial charge is 0.507 e. The van der Waals surface area contributed by atoms with Gasteiger partial charge in [-0.25, -0.2) is 0 Å². The average molecular weight is 468 g/mol. The zero-order valence-electron chi connectivity index (χ0n) is 19.6. The molecule has 1 N–H and O–H groups in total. The van der Waals surface area contributed by atoms with Crippen molar-refractivity contribution < 1.29 is 24.4 Å². The van der Waals surface area contributed by atoms with E-state index in [1.807, 2.05) is 25.9 Å². The minimum atomic E-state index is -0.848. The third kappa shape index (κ3) is 5.43. The molecule has 0 aliphatic carbocycles. The van der Waals surface area contributed by atoms with Crippen molar-refractivity contribution in [3.05, 3.63) is 75.3 Å². The molecule has 1 aliphatic heterocycles. The van der Waals surface area contributed by atoms with E-state index in [2.05, 4.69) is 0 Å². The van der Waals surface area contributed by atoms with E-state index in [-0.39, 0.29) is 17.0 Å². The second-order valence-electron chi connectivity index (χ2n) is 8.37. The van der Waals surface area contributed by atoms with Crippen LogP contribution in [0.25, 0.3) is 5.76 Å². The van der Waals surface area contributed by atoms with Crippen LogP contribution < -0.4 is 4.74 Å². The molecule has 0 spiro atoms. The van der Waals surface area contributed by atoms with E-state index < -0.39 is 22.7 Å². The van der Waals surface area contributed by atoms with E-state index in [1.54, 1.807) is 24.3 Å². The van der Waals surface area contributed by atoms with Gasteiger partial charge in [0.2, 0.25) is 0 Å². The number of hydrogen-bond acceptors (Lipinski definition) is 7. The molecule has 9 heteroatoms. The van der Waals surface area contributed by atoms with Crippen LogP contribution in [0.5, 0.6) is 5.75 Å². The van der Waals surface area contributed by atoms with Crippen molar-refractivity contribution in [2.75, 3.05) is 33.8 Å². The Balaban J connectivity index is 2.03. The Hall–Kier alpha value is -3.72. The summed E-state index contributed by atoms with van der Waals surface area (Å²) in [5.74, 6) is -1.14. The molecule has 1 saturated heterocycles. The Morgan fingerprint density at radius 3 is 2.32 bits per heavy atom. The maximum atomic E-state index is 13.0. The van der Waals surface area contributed by atoms with Crippen molar-refractivity contribution in [2.45, 2.75) is 25.8 Å². The van der Waals surface area contributed by atoms with E-state index in [9.17, 15) is 24.8 Å². The van der Waals surface area contributed by atoms with Crippen LogP contribution >= 0.6 is 0 Å². The first-order valence-corrected chi connectivity index (χ1v) is 11.1. The number of aliphatic hydroxyl groups is 1. The van der Waals surface area contributed by atoms with Crippen LogP contribution in [-0.4, -0.2) is 65.3 Å². The number of ketones is 1. The minimum absolute atomic E-state index is 0.0362. The molecule has 1 unspecified atom stereocenters. The average Bonchev–Trinajstić information content (AvgIpc) is 3.07. The van der Waals surface area contributed by atoms with Gasteiger partial charge in [0, 0.05) is 24.2 Å². The van der Waals surface area contributed by atoms with Crippen LogP contribution in [0.15, 0.2) is 54.1 Å². The predicted octanol–water partition coefficient (Wildman–Crippen LogP) is 3.76. The number of non-ortho nitro benzene ring substituents is 1. The molecule has 2 aromatic rings. The monoisotopic (exact) mass is 467 g/mol. The maximum absolute atomic E-state index is 13.0. The first-order chi connectivity index (χ1) is 16.2. The maximum Gasteiger partial charge on any atom is 0.295 e. The molecule has 1 amide bonds. The fourth-order valence-electron chi connectivity index (χ4n) is 3.88. The zero-order chi connectivity index (χ0) is 24.8. The lowest BCUT2D eigenvalue weighted by Gasteiger charge is -2.26. The van der Waals surface area contributed by atoms with E-state index in [0.717, 1.165) is 6.42 Å². The normalized spacial score (nSPS) is 17.4. The van der Waals surface area contributed by atoms with Crippen molar-refractivity contribution in [1.82, 2.24) is 9.80 Å². The molecular formula is C25H29N3O6. The molecule has 0 radical (unpaired) electrons. The van der Waals surface area contributed by atoms with E-state index in [0.29, 0.717) is 43.0 Å². The Morgan fingerprint density at radius 1 is 1.12 bits per heavy atom. The second-order valence-corrected chi connectivity index (χ2v) is 8.37. The number of carbonyl (C=O) groups excluding carboxylic acids is 2. The number of ether oxygens (including phenoxy) is 1. The SMILES string of the molecule is CCCOc1ccc(/C(O)=C2\C(=O)C(=O)N(CCCN(C)C)C2c2ccc([N+](=O)[O-])cc2)cc1. The molecule has 1 aliphatic rings. The van der Waals surface area contributed by atoms with Gasteiger partial charge in [-0.1, -0.05) is 6.92 Å². The summed E-state index contributed by atoms with van der Waals surface area (Å²) in [4.78, 5) is 40.0. The number of carbonyl (C=O) groups is 2. The lowest BCUT2D eigenvalue weighted by Crippen LogP contribution is -2.32. The van der Waals surface area contributed by atoms with Gasteiger partial charge in [-0.3, -0.25) is 19.7 Å². The third-order valence-corrected chi connectivity index (χ3v) is 5.56. The van der Waals surface area contributed by atoms with Crippen LogP contribution in [0.2, 0.25) is 0 Å². The number of hydrogen-bond donors (Lipinski definition) is 1.